The molecule has 3 fully saturated rings. The summed E-state index contributed by atoms with van der Waals surface area (Å²) < 4.78 is 42.3. The summed E-state index contributed by atoms with van der Waals surface area (Å²) in [6, 6.07) is 6.06. The van der Waals surface area contributed by atoms with Crippen molar-refractivity contribution in [2.75, 3.05) is 39.3 Å². The molecule has 3 aliphatic heterocycles. The van der Waals surface area contributed by atoms with Gasteiger partial charge in [-0.05, 0) is 13.0 Å². The summed E-state index contributed by atoms with van der Waals surface area (Å²) in [5, 5.41) is 0. The summed E-state index contributed by atoms with van der Waals surface area (Å²) in [6.07, 6.45) is 2.05. The molecule has 4 rings (SSSR count). The van der Waals surface area contributed by atoms with E-state index in [1.807, 2.05) is 24.4 Å². The summed E-state index contributed by atoms with van der Waals surface area (Å²) in [5.41, 5.74) is 0. The van der Waals surface area contributed by atoms with Crippen molar-refractivity contribution < 1.29 is 21.8 Å². The van der Waals surface area contributed by atoms with Crippen LogP contribution in [0.5, 0.6) is 0 Å². The first-order valence-corrected chi connectivity index (χ1v) is 8.05. The summed E-state index contributed by atoms with van der Waals surface area (Å²) in [5.74, 6) is 0. The first-order chi connectivity index (χ1) is 10.3. The minimum Gasteiger partial charge on any atom is -0.418 e. The normalized spacial score (nSPS) is 23.0. The van der Waals surface area contributed by atoms with E-state index >= 15 is 0 Å². The third-order valence-corrected chi connectivity index (χ3v) is 4.14. The van der Waals surface area contributed by atoms with Gasteiger partial charge in [0.25, 0.3) is 0 Å². The fourth-order valence-corrected chi connectivity index (χ4v) is 2.75. The quantitative estimate of drug-likeness (QED) is 0.318. The number of fused-ring (bicyclic) bond motifs is 3. The van der Waals surface area contributed by atoms with Gasteiger partial charge < -0.3 is 17.3 Å². The van der Waals surface area contributed by atoms with Gasteiger partial charge in [0.15, 0.2) is 6.20 Å². The maximum Gasteiger partial charge on any atom is 0.673 e. The van der Waals surface area contributed by atoms with Crippen LogP contribution in [0.15, 0.2) is 29.0 Å². The number of nitrogens with zero attached hydrogens (tertiary/aromatic N) is 3. The Labute approximate surface area is 137 Å². The Hall–Kier alpha value is -0.665. The predicted octanol–water partition coefficient (Wildman–Crippen LogP) is 2.67. The third kappa shape index (κ3) is 8.70. The Morgan fingerprint density at radius 1 is 1.00 bits per heavy atom. The van der Waals surface area contributed by atoms with Crippen molar-refractivity contribution in [1.82, 2.24) is 9.80 Å². The summed E-state index contributed by atoms with van der Waals surface area (Å²) in [6.45, 7) is 11.0. The van der Waals surface area contributed by atoms with Crippen molar-refractivity contribution in [1.29, 1.82) is 0 Å². The maximum absolute atomic E-state index is 9.75. The van der Waals surface area contributed by atoms with Gasteiger partial charge in [-0.25, -0.2) is 0 Å². The standard InChI is InChI=1S/C7H9BrN.C6H12N2.BF4/c1-2-9-6-4-3-5-7(9)8;1-2-8-5-3-7(1)4-6-8;2-1(3,4)5/h3-6H,2H2,1H3;1-6H2;/q+1;;-1. The molecule has 126 valence electrons. The number of halogens is 5. The van der Waals surface area contributed by atoms with E-state index in [0.29, 0.717) is 0 Å². The largest absolute Gasteiger partial charge is 0.673 e. The molecule has 4 heterocycles. The highest BCUT2D eigenvalue weighted by atomic mass is 79.9. The zero-order valence-electron chi connectivity index (χ0n) is 12.6. The average molecular weight is 386 g/mol. The van der Waals surface area contributed by atoms with Crippen molar-refractivity contribution in [2.45, 2.75) is 13.5 Å². The van der Waals surface area contributed by atoms with Gasteiger partial charge in [-0.1, -0.05) is 0 Å². The monoisotopic (exact) mass is 385 g/mol. The van der Waals surface area contributed by atoms with Crippen molar-refractivity contribution in [3.8, 4) is 0 Å². The Morgan fingerprint density at radius 3 is 1.64 bits per heavy atom. The first kappa shape index (κ1) is 19.4. The molecule has 9 heteroatoms. The van der Waals surface area contributed by atoms with E-state index < -0.39 is 7.25 Å². The van der Waals surface area contributed by atoms with Crippen LogP contribution in [0.2, 0.25) is 0 Å². The molecule has 0 amide bonds. The Bertz CT molecular complexity index is 411. The second kappa shape index (κ2) is 9.47. The molecule has 1 aromatic heterocycles. The van der Waals surface area contributed by atoms with Gasteiger partial charge in [0, 0.05) is 67.3 Å². The van der Waals surface area contributed by atoms with Gasteiger partial charge in [0.05, 0.1) is 0 Å². The molecule has 22 heavy (non-hydrogen) atoms. The van der Waals surface area contributed by atoms with E-state index in [1.165, 1.54) is 39.3 Å². The highest BCUT2D eigenvalue weighted by Gasteiger charge is 2.22. The molecule has 2 bridgehead atoms. The first-order valence-electron chi connectivity index (χ1n) is 7.25. The van der Waals surface area contributed by atoms with Crippen molar-refractivity contribution in [3.63, 3.8) is 0 Å². The number of aromatic nitrogens is 1. The lowest BCUT2D eigenvalue weighted by Gasteiger charge is -2.41. The number of aryl methyl sites for hydroxylation is 1. The van der Waals surface area contributed by atoms with Crippen molar-refractivity contribution in [3.05, 3.63) is 29.0 Å². The maximum atomic E-state index is 9.75. The molecule has 0 aliphatic carbocycles. The van der Waals surface area contributed by atoms with Crippen LogP contribution < -0.4 is 4.57 Å². The topological polar surface area (TPSA) is 10.4 Å². The van der Waals surface area contributed by atoms with E-state index in [2.05, 4.69) is 37.2 Å². The summed E-state index contributed by atoms with van der Waals surface area (Å²) >= 11 is 3.42. The zero-order chi connectivity index (χ0) is 16.6. The van der Waals surface area contributed by atoms with E-state index in [-0.39, 0.29) is 0 Å². The fraction of sp³-hybridized carbons (Fsp3) is 0.615. The second-order valence-corrected chi connectivity index (χ2v) is 5.80. The minimum absolute atomic E-state index is 1.02. The second-order valence-electron chi connectivity index (χ2n) is 4.99. The molecule has 3 saturated heterocycles. The molecule has 3 nitrogen and oxygen atoms in total. The van der Waals surface area contributed by atoms with Crippen LogP contribution >= 0.6 is 15.9 Å². The lowest BCUT2D eigenvalue weighted by molar-refractivity contribution is -0.704. The summed E-state index contributed by atoms with van der Waals surface area (Å²) in [4.78, 5) is 5.08. The zero-order valence-corrected chi connectivity index (χ0v) is 14.2. The predicted molar refractivity (Wildman–Crippen MR) is 83.1 cm³/mol. The SMILES string of the molecule is C1CN2CCN1CC2.CC[n+]1ccccc1Br.F[B-](F)(F)F. The number of rotatable bonds is 1. The average Bonchev–Trinajstić information content (AvgIpc) is 2.49. The highest BCUT2D eigenvalue weighted by molar-refractivity contribution is 9.10. The van der Waals surface area contributed by atoms with Gasteiger partial charge in [0.2, 0.25) is 4.60 Å². The van der Waals surface area contributed by atoms with E-state index in [0.717, 1.165) is 11.1 Å². The fourth-order valence-electron chi connectivity index (χ4n) is 2.23. The molecule has 0 atom stereocenters. The molecule has 1 aromatic rings. The van der Waals surface area contributed by atoms with E-state index in [1.54, 1.807) is 0 Å². The Kier molecular flexibility index (Phi) is 8.34. The van der Waals surface area contributed by atoms with Crippen LogP contribution in [0.1, 0.15) is 6.92 Å². The minimum atomic E-state index is -6.00. The molecule has 0 radical (unpaired) electrons. The molecule has 0 spiro atoms. The van der Waals surface area contributed by atoms with Gasteiger partial charge in [-0.3, -0.25) is 9.80 Å². The molecule has 0 unspecified atom stereocenters. The van der Waals surface area contributed by atoms with Crippen LogP contribution in [-0.2, 0) is 6.54 Å². The Morgan fingerprint density at radius 2 is 1.41 bits per heavy atom. The lowest BCUT2D eigenvalue weighted by Crippen LogP contribution is -2.55. The van der Waals surface area contributed by atoms with E-state index in [4.69, 9.17) is 0 Å². The third-order valence-electron chi connectivity index (χ3n) is 3.42. The van der Waals surface area contributed by atoms with Crippen LogP contribution in [0.25, 0.3) is 0 Å². The lowest BCUT2D eigenvalue weighted by atomic mass is 10.2. The van der Waals surface area contributed by atoms with Gasteiger partial charge >= 0.3 is 7.25 Å². The van der Waals surface area contributed by atoms with Crippen LogP contribution in [0.4, 0.5) is 17.3 Å². The molecular weight excluding hydrogens is 365 g/mol. The van der Waals surface area contributed by atoms with Crippen molar-refractivity contribution in [2.24, 2.45) is 0 Å². The van der Waals surface area contributed by atoms with E-state index in [9.17, 15) is 17.3 Å². The number of piperazine rings is 3. The number of pyridine rings is 1. The van der Waals surface area contributed by atoms with Crippen molar-refractivity contribution >= 4 is 23.2 Å². The molecule has 3 aliphatic rings. The van der Waals surface area contributed by atoms with Crippen LogP contribution in [-0.4, -0.2) is 56.3 Å². The number of hydrogen-bond donors (Lipinski definition) is 0. The summed E-state index contributed by atoms with van der Waals surface area (Å²) in [7, 11) is -6.00. The molecule has 0 aromatic carbocycles. The van der Waals surface area contributed by atoms with Gasteiger partial charge in [-0.2, -0.15) is 4.57 Å². The Balaban J connectivity index is 0.000000173. The van der Waals surface area contributed by atoms with Gasteiger partial charge in [0.1, 0.15) is 6.54 Å². The van der Waals surface area contributed by atoms with Crippen LogP contribution in [0.3, 0.4) is 0 Å². The highest BCUT2D eigenvalue weighted by Crippen LogP contribution is 2.07. The number of hydrogen-bond acceptors (Lipinski definition) is 2. The smallest absolute Gasteiger partial charge is 0.418 e. The van der Waals surface area contributed by atoms with Gasteiger partial charge in [-0.15, -0.1) is 0 Å². The molecule has 0 saturated carbocycles. The molecule has 0 N–H and O–H groups in total. The molecular formula is C13H21BBrF4N3. The van der Waals surface area contributed by atoms with Crippen LogP contribution in [0, 0.1) is 0 Å².